The van der Waals surface area contributed by atoms with Gasteiger partial charge in [0.1, 0.15) is 10.3 Å². The molecule has 3 aromatic heterocycles. The van der Waals surface area contributed by atoms with Gasteiger partial charge in [0.05, 0.1) is 16.0 Å². The predicted molar refractivity (Wildman–Crippen MR) is 135 cm³/mol. The molecule has 0 unspecified atom stereocenters. The number of halogens is 4. The highest BCUT2D eigenvalue weighted by Gasteiger charge is 2.24. The Labute approximate surface area is 216 Å². The number of hydrogen-bond acceptors (Lipinski definition) is 6. The first-order valence-corrected chi connectivity index (χ1v) is 12.8. The SMILES string of the molecule is CC1=Cc2c(Cl)nc(Cl)nc2C1.Cc1ccc(S(=O)(=O)n2c(C)cc3c(Cl)nc(Cl)nc32)cc1. The molecule has 0 N–H and O–H groups in total. The van der Waals surface area contributed by atoms with Crippen molar-refractivity contribution in [3.05, 3.63) is 79.3 Å². The topological polar surface area (TPSA) is 90.6 Å². The molecule has 1 aliphatic rings. The molecule has 176 valence electrons. The van der Waals surface area contributed by atoms with Crippen molar-refractivity contribution in [1.29, 1.82) is 0 Å². The van der Waals surface area contributed by atoms with Gasteiger partial charge in [0.15, 0.2) is 5.65 Å². The van der Waals surface area contributed by atoms with Crippen LogP contribution >= 0.6 is 46.4 Å². The highest BCUT2D eigenvalue weighted by Crippen LogP contribution is 2.30. The summed E-state index contributed by atoms with van der Waals surface area (Å²) in [5, 5.41) is 1.13. The number of hydrogen-bond donors (Lipinski definition) is 0. The first kappa shape index (κ1) is 24.9. The van der Waals surface area contributed by atoms with Crippen LogP contribution in [0.2, 0.25) is 20.9 Å². The molecule has 12 heteroatoms. The summed E-state index contributed by atoms with van der Waals surface area (Å²) in [4.78, 5) is 16.0. The van der Waals surface area contributed by atoms with E-state index >= 15 is 0 Å². The van der Waals surface area contributed by atoms with Gasteiger partial charge in [-0.3, -0.25) is 0 Å². The molecule has 4 aromatic rings. The number of aromatic nitrogens is 5. The molecule has 0 fully saturated rings. The number of nitrogens with zero attached hydrogens (tertiary/aromatic N) is 5. The lowest BCUT2D eigenvalue weighted by Gasteiger charge is -2.09. The van der Waals surface area contributed by atoms with Crippen molar-refractivity contribution < 1.29 is 8.42 Å². The summed E-state index contributed by atoms with van der Waals surface area (Å²) in [7, 11) is -3.79. The van der Waals surface area contributed by atoms with E-state index in [-0.39, 0.29) is 26.3 Å². The van der Waals surface area contributed by atoms with Crippen molar-refractivity contribution in [2.24, 2.45) is 0 Å². The summed E-state index contributed by atoms with van der Waals surface area (Å²) in [5.74, 6) is 0. The Hall–Kier alpha value is -2.23. The van der Waals surface area contributed by atoms with E-state index in [0.717, 1.165) is 27.2 Å². The van der Waals surface area contributed by atoms with Crippen LogP contribution in [0.4, 0.5) is 0 Å². The van der Waals surface area contributed by atoms with Gasteiger partial charge in [-0.25, -0.2) is 27.3 Å². The van der Waals surface area contributed by atoms with Gasteiger partial charge >= 0.3 is 0 Å². The monoisotopic (exact) mass is 555 g/mol. The zero-order valence-electron chi connectivity index (χ0n) is 18.1. The third-order valence-electron chi connectivity index (χ3n) is 5.06. The fraction of sp³-hybridized carbons (Fsp3) is 0.182. The third-order valence-corrected chi connectivity index (χ3v) is 7.79. The summed E-state index contributed by atoms with van der Waals surface area (Å²) < 4.78 is 26.9. The molecule has 1 aliphatic carbocycles. The zero-order valence-corrected chi connectivity index (χ0v) is 22.0. The van der Waals surface area contributed by atoms with E-state index in [0.29, 0.717) is 16.2 Å². The van der Waals surface area contributed by atoms with E-state index in [1.54, 1.807) is 37.3 Å². The number of fused-ring (bicyclic) bond motifs is 2. The summed E-state index contributed by atoms with van der Waals surface area (Å²) in [5.41, 5.74) is 4.71. The van der Waals surface area contributed by atoms with Crippen molar-refractivity contribution in [1.82, 2.24) is 23.9 Å². The molecular formula is C22H17Cl4N5O2S. The standard InChI is InChI=1S/C14H11Cl2N3O2S.C8H6Cl2N2/c1-8-3-5-10(6-4-8)22(20,21)19-9(2)7-11-12(15)17-14(16)18-13(11)19;1-4-2-5-6(3-4)11-8(10)12-7(5)9/h3-7H,1-2H3;2H,3H2,1H3. The number of rotatable bonds is 2. The molecular weight excluding hydrogens is 540 g/mol. The smallest absolute Gasteiger partial charge is 0.222 e. The van der Waals surface area contributed by atoms with E-state index in [9.17, 15) is 8.42 Å². The van der Waals surface area contributed by atoms with E-state index in [1.165, 1.54) is 5.57 Å². The first-order chi connectivity index (χ1) is 16.0. The van der Waals surface area contributed by atoms with Crippen LogP contribution in [-0.2, 0) is 16.4 Å². The molecule has 0 atom stereocenters. The van der Waals surface area contributed by atoms with E-state index in [4.69, 9.17) is 46.4 Å². The normalized spacial score (nSPS) is 12.9. The Morgan fingerprint density at radius 2 is 1.47 bits per heavy atom. The summed E-state index contributed by atoms with van der Waals surface area (Å²) in [6.07, 6.45) is 2.82. The van der Waals surface area contributed by atoms with E-state index < -0.39 is 10.0 Å². The molecule has 5 rings (SSSR count). The van der Waals surface area contributed by atoms with Crippen LogP contribution in [0.1, 0.15) is 29.4 Å². The minimum absolute atomic E-state index is 0.101. The number of aryl methyl sites for hydroxylation is 2. The maximum atomic E-state index is 12.9. The predicted octanol–water partition coefficient (Wildman–Crippen LogP) is 6.33. The fourth-order valence-electron chi connectivity index (χ4n) is 3.53. The van der Waals surface area contributed by atoms with Crippen molar-refractivity contribution in [3.8, 4) is 0 Å². The Kier molecular flexibility index (Phi) is 6.90. The van der Waals surface area contributed by atoms with Crippen LogP contribution in [0.15, 0.2) is 40.8 Å². The number of benzene rings is 1. The summed E-state index contributed by atoms with van der Waals surface area (Å²) >= 11 is 23.3. The summed E-state index contributed by atoms with van der Waals surface area (Å²) in [6, 6.07) is 8.21. The molecule has 0 bridgehead atoms. The van der Waals surface area contributed by atoms with Gasteiger partial charge in [-0.1, -0.05) is 52.5 Å². The van der Waals surface area contributed by atoms with Crippen molar-refractivity contribution in [3.63, 3.8) is 0 Å². The second-order valence-corrected chi connectivity index (χ2v) is 10.9. The number of allylic oxidation sites excluding steroid dienone is 1. The van der Waals surface area contributed by atoms with Gasteiger partial charge < -0.3 is 0 Å². The van der Waals surface area contributed by atoms with Crippen LogP contribution in [0.25, 0.3) is 17.1 Å². The Balaban J connectivity index is 0.000000192. The van der Waals surface area contributed by atoms with Gasteiger partial charge in [-0.05, 0) is 62.2 Å². The molecule has 7 nitrogen and oxygen atoms in total. The lowest BCUT2D eigenvalue weighted by atomic mass is 10.2. The van der Waals surface area contributed by atoms with Gasteiger partial charge in [-0.15, -0.1) is 0 Å². The van der Waals surface area contributed by atoms with Gasteiger partial charge in [0.25, 0.3) is 10.0 Å². The highest BCUT2D eigenvalue weighted by molar-refractivity contribution is 7.90. The average Bonchev–Trinajstić information content (AvgIpc) is 3.28. The largest absolute Gasteiger partial charge is 0.269 e. The minimum Gasteiger partial charge on any atom is -0.222 e. The Bertz CT molecular complexity index is 1560. The third kappa shape index (κ3) is 4.78. The molecule has 34 heavy (non-hydrogen) atoms. The van der Waals surface area contributed by atoms with Gasteiger partial charge in [-0.2, -0.15) is 4.98 Å². The molecule has 0 radical (unpaired) electrons. The lowest BCUT2D eigenvalue weighted by molar-refractivity contribution is 0.587. The van der Waals surface area contributed by atoms with Crippen LogP contribution in [-0.4, -0.2) is 32.3 Å². The first-order valence-electron chi connectivity index (χ1n) is 9.90. The average molecular weight is 557 g/mol. The fourth-order valence-corrected chi connectivity index (χ4v) is 5.92. The van der Waals surface area contributed by atoms with Crippen LogP contribution in [0, 0.1) is 13.8 Å². The quantitative estimate of drug-likeness (QED) is 0.211. The van der Waals surface area contributed by atoms with E-state index in [1.807, 2.05) is 19.9 Å². The molecule has 0 saturated heterocycles. The molecule has 3 heterocycles. The molecule has 1 aromatic carbocycles. The maximum absolute atomic E-state index is 12.9. The van der Waals surface area contributed by atoms with Crippen molar-refractivity contribution in [2.45, 2.75) is 32.1 Å². The van der Waals surface area contributed by atoms with Crippen molar-refractivity contribution >= 4 is 73.5 Å². The molecule has 0 spiro atoms. The van der Waals surface area contributed by atoms with E-state index in [2.05, 4.69) is 19.9 Å². The summed E-state index contributed by atoms with van der Waals surface area (Å²) in [6.45, 7) is 5.59. The van der Waals surface area contributed by atoms with Gasteiger partial charge in [0.2, 0.25) is 10.6 Å². The van der Waals surface area contributed by atoms with Crippen LogP contribution in [0.3, 0.4) is 0 Å². The zero-order chi connectivity index (χ0) is 24.8. The highest BCUT2D eigenvalue weighted by atomic mass is 35.5. The molecule has 0 saturated carbocycles. The van der Waals surface area contributed by atoms with Crippen LogP contribution < -0.4 is 0 Å². The molecule has 0 aliphatic heterocycles. The Morgan fingerprint density at radius 1 is 0.853 bits per heavy atom. The van der Waals surface area contributed by atoms with Gasteiger partial charge in [0, 0.05) is 17.7 Å². The second kappa shape index (κ2) is 9.43. The molecule has 0 amide bonds. The second-order valence-electron chi connectivity index (χ2n) is 7.70. The van der Waals surface area contributed by atoms with Crippen LogP contribution in [0.5, 0.6) is 0 Å². The lowest BCUT2D eigenvalue weighted by Crippen LogP contribution is -2.15. The van der Waals surface area contributed by atoms with Crippen molar-refractivity contribution in [2.75, 3.05) is 0 Å². The maximum Gasteiger partial charge on any atom is 0.269 e. The Morgan fingerprint density at radius 3 is 2.15 bits per heavy atom. The minimum atomic E-state index is -3.79.